The Bertz CT molecular complexity index is 1310. The van der Waals surface area contributed by atoms with Crippen molar-refractivity contribution in [3.63, 3.8) is 0 Å². The summed E-state index contributed by atoms with van der Waals surface area (Å²) < 4.78 is 27.4. The zero-order valence-corrected chi connectivity index (χ0v) is 19.5. The molecule has 0 unspecified atom stereocenters. The molecule has 0 bridgehead atoms. The first-order valence-electron chi connectivity index (χ1n) is 12.3. The molecule has 0 aliphatic carbocycles. The van der Waals surface area contributed by atoms with Crippen LogP contribution in [0.1, 0.15) is 30.1 Å². The number of likely N-dealkylation sites (tertiary alicyclic amines) is 1. The maximum Gasteiger partial charge on any atom is 0.251 e. The van der Waals surface area contributed by atoms with Gasteiger partial charge in [0.25, 0.3) is 5.56 Å². The number of ether oxygens (including phenoxy) is 2. The standard InChI is InChI=1S/C26H29FN4O4/c27-20-5-3-16-4-6-24(33)31-19(15-35-26(20)25(16)31)13-30-8-7-21(22(32)14-30)29-11-18-10-17-2-1-9-34-23(17)12-28-18/h3-6,10,12,19,21-22,29,32H,1-2,7-9,11,13-15H2/t19-,21+,22-/m1/s1. The van der Waals surface area contributed by atoms with E-state index in [4.69, 9.17) is 9.47 Å². The zero-order chi connectivity index (χ0) is 23.9. The number of aryl methyl sites for hydroxylation is 1. The molecule has 0 spiro atoms. The van der Waals surface area contributed by atoms with Gasteiger partial charge in [0.2, 0.25) is 0 Å². The predicted molar refractivity (Wildman–Crippen MR) is 128 cm³/mol. The number of β-amino-alcohol motifs (C(OH)–C–C–N with tert-alkyl or cyclic N) is 1. The SMILES string of the molecule is O=c1ccc2ccc(F)c3c2n1[C@H](CN1CC[C@H](NCc2cc4c(cn2)OCCC4)[C@H](O)C1)CO3. The second-order valence-corrected chi connectivity index (χ2v) is 9.66. The van der Waals surface area contributed by atoms with E-state index < -0.39 is 11.9 Å². The molecule has 3 aromatic rings. The number of aliphatic hydroxyl groups excluding tert-OH is 1. The van der Waals surface area contributed by atoms with Crippen LogP contribution in [0.25, 0.3) is 10.9 Å². The van der Waals surface area contributed by atoms with E-state index in [0.717, 1.165) is 49.2 Å². The molecule has 9 heteroatoms. The average Bonchev–Trinajstić information content (AvgIpc) is 2.87. The van der Waals surface area contributed by atoms with Crippen LogP contribution in [0.3, 0.4) is 0 Å². The number of rotatable bonds is 5. The quantitative estimate of drug-likeness (QED) is 0.578. The summed E-state index contributed by atoms with van der Waals surface area (Å²) in [6.07, 6.45) is 4.04. The van der Waals surface area contributed by atoms with Crippen molar-refractivity contribution in [3.8, 4) is 11.5 Å². The second kappa shape index (κ2) is 9.22. The van der Waals surface area contributed by atoms with Crippen molar-refractivity contribution < 1.29 is 19.0 Å². The molecule has 5 heterocycles. The first-order chi connectivity index (χ1) is 17.1. The second-order valence-electron chi connectivity index (χ2n) is 9.66. The van der Waals surface area contributed by atoms with Crippen LogP contribution >= 0.6 is 0 Å². The Kier molecular flexibility index (Phi) is 5.91. The normalized spacial score (nSPS) is 24.0. The van der Waals surface area contributed by atoms with Gasteiger partial charge in [0.15, 0.2) is 11.6 Å². The maximum atomic E-state index is 14.3. The van der Waals surface area contributed by atoms with Gasteiger partial charge < -0.3 is 19.9 Å². The Hall–Kier alpha value is -3.01. The highest BCUT2D eigenvalue weighted by Gasteiger charge is 2.32. The third kappa shape index (κ3) is 4.28. The summed E-state index contributed by atoms with van der Waals surface area (Å²) in [5.74, 6) is 0.556. The number of aromatic nitrogens is 2. The van der Waals surface area contributed by atoms with Gasteiger partial charge in [-0.25, -0.2) is 4.39 Å². The minimum absolute atomic E-state index is 0.0380. The molecule has 3 aliphatic rings. The van der Waals surface area contributed by atoms with Crippen molar-refractivity contribution in [2.75, 3.05) is 32.8 Å². The fraction of sp³-hybridized carbons (Fsp3) is 0.462. The van der Waals surface area contributed by atoms with Gasteiger partial charge in [-0.1, -0.05) is 0 Å². The number of hydrogen-bond acceptors (Lipinski definition) is 7. The molecule has 8 nitrogen and oxygen atoms in total. The first-order valence-corrected chi connectivity index (χ1v) is 12.3. The molecule has 2 aromatic heterocycles. The molecule has 1 saturated heterocycles. The summed E-state index contributed by atoms with van der Waals surface area (Å²) in [7, 11) is 0. The monoisotopic (exact) mass is 480 g/mol. The van der Waals surface area contributed by atoms with Crippen LogP contribution in [0.2, 0.25) is 0 Å². The molecular weight excluding hydrogens is 451 g/mol. The minimum Gasteiger partial charge on any atom is -0.492 e. The van der Waals surface area contributed by atoms with Crippen LogP contribution in [0.15, 0.2) is 41.3 Å². The summed E-state index contributed by atoms with van der Waals surface area (Å²) in [4.78, 5) is 19.4. The molecule has 3 atom stereocenters. The molecular formula is C26H29FN4O4. The molecule has 0 radical (unpaired) electrons. The lowest BCUT2D eigenvalue weighted by molar-refractivity contribution is 0.0294. The molecule has 3 aliphatic heterocycles. The van der Waals surface area contributed by atoms with E-state index in [-0.39, 0.29) is 30.0 Å². The number of fused-ring (bicyclic) bond motifs is 1. The molecule has 0 saturated carbocycles. The number of nitrogens with zero attached hydrogens (tertiary/aromatic N) is 3. The van der Waals surface area contributed by atoms with Crippen molar-refractivity contribution in [2.45, 2.75) is 44.0 Å². The van der Waals surface area contributed by atoms with E-state index in [1.54, 1.807) is 22.9 Å². The average molecular weight is 481 g/mol. The van der Waals surface area contributed by atoms with Crippen LogP contribution in [0, 0.1) is 5.82 Å². The van der Waals surface area contributed by atoms with Gasteiger partial charge >= 0.3 is 0 Å². The number of halogens is 1. The molecule has 6 rings (SSSR count). The van der Waals surface area contributed by atoms with Gasteiger partial charge in [-0.15, -0.1) is 0 Å². The Morgan fingerprint density at radius 2 is 2.11 bits per heavy atom. The maximum absolute atomic E-state index is 14.3. The van der Waals surface area contributed by atoms with Crippen molar-refractivity contribution in [2.24, 2.45) is 0 Å². The number of pyridine rings is 2. The fourth-order valence-corrected chi connectivity index (χ4v) is 5.52. The van der Waals surface area contributed by atoms with Crippen LogP contribution in [0.4, 0.5) is 4.39 Å². The molecule has 2 N–H and O–H groups in total. The van der Waals surface area contributed by atoms with E-state index in [1.165, 1.54) is 17.7 Å². The summed E-state index contributed by atoms with van der Waals surface area (Å²) in [6.45, 7) is 3.36. The molecule has 184 valence electrons. The number of nitrogens with one attached hydrogen (secondary N) is 1. The third-order valence-electron chi connectivity index (χ3n) is 7.32. The number of benzene rings is 1. The summed E-state index contributed by atoms with van der Waals surface area (Å²) in [5, 5.41) is 15.1. The van der Waals surface area contributed by atoms with E-state index in [0.29, 0.717) is 25.2 Å². The highest BCUT2D eigenvalue weighted by atomic mass is 19.1. The molecule has 1 aromatic carbocycles. The molecule has 0 amide bonds. The Labute approximate surface area is 202 Å². The van der Waals surface area contributed by atoms with E-state index in [2.05, 4.69) is 21.3 Å². The highest BCUT2D eigenvalue weighted by Crippen LogP contribution is 2.34. The first kappa shape index (κ1) is 22.5. The van der Waals surface area contributed by atoms with Gasteiger partial charge in [-0.2, -0.15) is 0 Å². The lowest BCUT2D eigenvalue weighted by Crippen LogP contribution is -2.54. The van der Waals surface area contributed by atoms with E-state index >= 15 is 0 Å². The van der Waals surface area contributed by atoms with Crippen LogP contribution < -0.4 is 20.3 Å². The van der Waals surface area contributed by atoms with Crippen molar-refractivity contribution in [3.05, 3.63) is 64.0 Å². The largest absolute Gasteiger partial charge is 0.492 e. The van der Waals surface area contributed by atoms with E-state index in [9.17, 15) is 14.3 Å². The summed E-state index contributed by atoms with van der Waals surface area (Å²) >= 11 is 0. The summed E-state index contributed by atoms with van der Waals surface area (Å²) in [5.41, 5.74) is 2.48. The van der Waals surface area contributed by atoms with Gasteiger partial charge in [0.05, 0.1) is 36.2 Å². The van der Waals surface area contributed by atoms with E-state index in [1.807, 2.05) is 0 Å². The predicted octanol–water partition coefficient (Wildman–Crippen LogP) is 2.02. The number of hydrogen-bond donors (Lipinski definition) is 2. The summed E-state index contributed by atoms with van der Waals surface area (Å²) in [6, 6.07) is 8.06. The van der Waals surface area contributed by atoms with Gasteiger partial charge in [-0.3, -0.25) is 19.2 Å². The number of piperidine rings is 1. The lowest BCUT2D eigenvalue weighted by Gasteiger charge is -2.39. The van der Waals surface area contributed by atoms with Gasteiger partial charge in [-0.05, 0) is 55.6 Å². The Morgan fingerprint density at radius 1 is 1.23 bits per heavy atom. The molecule has 35 heavy (non-hydrogen) atoms. The molecule has 1 fully saturated rings. The minimum atomic E-state index is -0.550. The Morgan fingerprint density at radius 3 is 3.00 bits per heavy atom. The van der Waals surface area contributed by atoms with Crippen LogP contribution in [-0.4, -0.2) is 64.6 Å². The van der Waals surface area contributed by atoms with Gasteiger partial charge in [0, 0.05) is 37.1 Å². The van der Waals surface area contributed by atoms with Crippen LogP contribution in [0.5, 0.6) is 11.5 Å². The van der Waals surface area contributed by atoms with Crippen LogP contribution in [-0.2, 0) is 13.0 Å². The van der Waals surface area contributed by atoms with Crippen molar-refractivity contribution >= 4 is 10.9 Å². The highest BCUT2D eigenvalue weighted by molar-refractivity contribution is 5.85. The lowest BCUT2D eigenvalue weighted by atomic mass is 10.0. The number of aliphatic hydroxyl groups is 1. The van der Waals surface area contributed by atoms with Crippen molar-refractivity contribution in [1.82, 2.24) is 19.8 Å². The van der Waals surface area contributed by atoms with Gasteiger partial charge in [0.1, 0.15) is 12.4 Å². The third-order valence-corrected chi connectivity index (χ3v) is 7.32. The topological polar surface area (TPSA) is 88.9 Å². The Balaban J connectivity index is 1.10. The zero-order valence-electron chi connectivity index (χ0n) is 19.5. The smallest absolute Gasteiger partial charge is 0.251 e. The van der Waals surface area contributed by atoms with Crippen molar-refractivity contribution in [1.29, 1.82) is 0 Å². The fourth-order valence-electron chi connectivity index (χ4n) is 5.52.